The molecule has 3 unspecified atom stereocenters. The van der Waals surface area contributed by atoms with Crippen LogP contribution < -0.4 is 0 Å². The predicted octanol–water partition coefficient (Wildman–Crippen LogP) is 4.95. The highest BCUT2D eigenvalue weighted by Crippen LogP contribution is 2.68. The van der Waals surface area contributed by atoms with E-state index in [1.165, 1.54) is 12.5 Å². The molecule has 0 aromatic heterocycles. The van der Waals surface area contributed by atoms with Crippen molar-refractivity contribution in [3.8, 4) is 0 Å². The molecular weight excluding hydrogens is 397 g/mol. The molecule has 0 aliphatic heterocycles. The van der Waals surface area contributed by atoms with Crippen molar-refractivity contribution in [2.75, 3.05) is 0 Å². The molecular formula is C23H29F3O4. The maximum Gasteiger partial charge on any atom is 0.490 e. The maximum atomic E-state index is 13.0. The largest absolute Gasteiger partial charge is 0.490 e. The average Bonchev–Trinajstić information content (AvgIpc) is 2.95. The lowest BCUT2D eigenvalue weighted by atomic mass is 9.46. The van der Waals surface area contributed by atoms with Crippen LogP contribution in [0.25, 0.3) is 0 Å². The molecule has 0 bridgehead atoms. The minimum Gasteiger partial charge on any atom is -0.444 e. The Morgan fingerprint density at radius 3 is 2.33 bits per heavy atom. The van der Waals surface area contributed by atoms with Gasteiger partial charge in [0.15, 0.2) is 17.2 Å². The van der Waals surface area contributed by atoms with Crippen molar-refractivity contribution < 1.29 is 32.3 Å². The van der Waals surface area contributed by atoms with Crippen molar-refractivity contribution in [3.63, 3.8) is 0 Å². The minimum absolute atomic E-state index is 0.0252. The van der Waals surface area contributed by atoms with Gasteiger partial charge >= 0.3 is 12.1 Å². The zero-order valence-corrected chi connectivity index (χ0v) is 17.7. The quantitative estimate of drug-likeness (QED) is 0.586. The van der Waals surface area contributed by atoms with E-state index in [0.717, 1.165) is 25.7 Å². The number of ketones is 2. The number of hydrogen-bond acceptors (Lipinski definition) is 4. The van der Waals surface area contributed by atoms with Gasteiger partial charge in [-0.2, -0.15) is 13.2 Å². The number of rotatable bonds is 2. The van der Waals surface area contributed by atoms with Crippen LogP contribution in [0.3, 0.4) is 0 Å². The number of carbonyl (C=O) groups is 3. The molecule has 30 heavy (non-hydrogen) atoms. The third kappa shape index (κ3) is 2.83. The van der Waals surface area contributed by atoms with E-state index in [1.54, 1.807) is 0 Å². The van der Waals surface area contributed by atoms with Crippen LogP contribution in [0, 0.1) is 28.6 Å². The van der Waals surface area contributed by atoms with E-state index in [2.05, 4.69) is 6.92 Å². The summed E-state index contributed by atoms with van der Waals surface area (Å²) in [5.74, 6) is -1.97. The van der Waals surface area contributed by atoms with Gasteiger partial charge in [0.25, 0.3) is 0 Å². The first-order chi connectivity index (χ1) is 13.8. The summed E-state index contributed by atoms with van der Waals surface area (Å²) < 4.78 is 44.1. The fourth-order valence-electron chi connectivity index (χ4n) is 7.59. The summed E-state index contributed by atoms with van der Waals surface area (Å²) in [6.07, 6.45) is 1.73. The van der Waals surface area contributed by atoms with E-state index in [1.807, 2.05) is 13.0 Å². The van der Waals surface area contributed by atoms with Crippen LogP contribution >= 0.6 is 0 Å². The van der Waals surface area contributed by atoms with Crippen molar-refractivity contribution in [2.24, 2.45) is 28.6 Å². The second kappa shape index (κ2) is 6.67. The fourth-order valence-corrected chi connectivity index (χ4v) is 7.59. The molecule has 0 saturated heterocycles. The molecule has 0 spiro atoms. The van der Waals surface area contributed by atoms with E-state index in [-0.39, 0.29) is 29.5 Å². The van der Waals surface area contributed by atoms with Crippen LogP contribution in [-0.2, 0) is 19.1 Å². The molecule has 0 heterocycles. The van der Waals surface area contributed by atoms with Crippen molar-refractivity contribution >= 4 is 17.5 Å². The molecule has 0 N–H and O–H groups in total. The number of hydrogen-bond donors (Lipinski definition) is 0. The first-order valence-electron chi connectivity index (χ1n) is 10.9. The summed E-state index contributed by atoms with van der Waals surface area (Å²) in [4.78, 5) is 36.4. The summed E-state index contributed by atoms with van der Waals surface area (Å²) in [7, 11) is 0. The van der Waals surface area contributed by atoms with E-state index in [4.69, 9.17) is 4.74 Å². The van der Waals surface area contributed by atoms with Gasteiger partial charge in [-0.25, -0.2) is 4.79 Å². The first-order valence-corrected chi connectivity index (χ1v) is 10.9. The number of halogens is 3. The summed E-state index contributed by atoms with van der Waals surface area (Å²) in [6, 6.07) is 0. The summed E-state index contributed by atoms with van der Waals surface area (Å²) in [6.45, 7) is 5.32. The molecule has 0 aromatic carbocycles. The highest BCUT2D eigenvalue weighted by Gasteiger charge is 2.68. The van der Waals surface area contributed by atoms with Gasteiger partial charge in [-0.05, 0) is 81.1 Å². The lowest BCUT2D eigenvalue weighted by molar-refractivity contribution is -0.226. The van der Waals surface area contributed by atoms with Crippen molar-refractivity contribution in [1.82, 2.24) is 0 Å². The van der Waals surface area contributed by atoms with Crippen molar-refractivity contribution in [3.05, 3.63) is 11.6 Å². The molecule has 4 aliphatic rings. The third-order valence-electron chi connectivity index (χ3n) is 9.15. The summed E-state index contributed by atoms with van der Waals surface area (Å²) >= 11 is 0. The Kier molecular flexibility index (Phi) is 4.79. The molecule has 166 valence electrons. The van der Waals surface area contributed by atoms with Crippen molar-refractivity contribution in [1.29, 1.82) is 0 Å². The third-order valence-corrected chi connectivity index (χ3v) is 9.15. The molecule has 0 radical (unpaired) electrons. The summed E-state index contributed by atoms with van der Waals surface area (Å²) in [5, 5.41) is 0. The second-order valence-corrected chi connectivity index (χ2v) is 10.2. The van der Waals surface area contributed by atoms with Gasteiger partial charge < -0.3 is 4.74 Å². The van der Waals surface area contributed by atoms with Gasteiger partial charge in [0.1, 0.15) is 0 Å². The SMILES string of the molecule is CC(=O)[C@]1(OC(=O)C(F)(F)F)CCC2C3CCC4=CC(=O)CC[C@]4(C)C3CC[C@]21C. The van der Waals surface area contributed by atoms with Crippen LogP contribution in [0.4, 0.5) is 13.2 Å². The number of fused-ring (bicyclic) bond motifs is 5. The molecule has 3 fully saturated rings. The Balaban J connectivity index is 1.68. The van der Waals surface area contributed by atoms with Gasteiger partial charge in [0, 0.05) is 11.8 Å². The second-order valence-electron chi connectivity index (χ2n) is 10.2. The van der Waals surface area contributed by atoms with E-state index >= 15 is 0 Å². The van der Waals surface area contributed by atoms with E-state index in [9.17, 15) is 27.6 Å². The number of alkyl halides is 3. The van der Waals surface area contributed by atoms with E-state index < -0.39 is 28.9 Å². The Labute approximate surface area is 174 Å². The molecule has 4 nitrogen and oxygen atoms in total. The normalized spacial score (nSPS) is 43.2. The van der Waals surface area contributed by atoms with Crippen LogP contribution in [0.1, 0.15) is 72.1 Å². The van der Waals surface area contributed by atoms with Gasteiger partial charge in [-0.15, -0.1) is 0 Å². The molecule has 3 saturated carbocycles. The zero-order valence-electron chi connectivity index (χ0n) is 17.7. The van der Waals surface area contributed by atoms with Gasteiger partial charge in [-0.1, -0.05) is 19.4 Å². The molecule has 7 heteroatoms. The van der Waals surface area contributed by atoms with Crippen LogP contribution in [0.2, 0.25) is 0 Å². The topological polar surface area (TPSA) is 60.4 Å². The molecule has 6 atom stereocenters. The van der Waals surface area contributed by atoms with Crippen LogP contribution in [0.15, 0.2) is 11.6 Å². The molecule has 0 aromatic rings. The van der Waals surface area contributed by atoms with Gasteiger partial charge in [0.05, 0.1) is 0 Å². The monoisotopic (exact) mass is 426 g/mol. The lowest BCUT2D eigenvalue weighted by Crippen LogP contribution is -2.59. The van der Waals surface area contributed by atoms with Crippen LogP contribution in [0.5, 0.6) is 0 Å². The Morgan fingerprint density at radius 2 is 1.70 bits per heavy atom. The Bertz CT molecular complexity index is 831. The van der Waals surface area contributed by atoms with Crippen LogP contribution in [-0.4, -0.2) is 29.3 Å². The average molecular weight is 426 g/mol. The highest BCUT2D eigenvalue weighted by atomic mass is 19.4. The number of ether oxygens (including phenoxy) is 1. The maximum absolute atomic E-state index is 13.0. The number of Topliss-reactive ketones (excluding diaryl/α,β-unsaturated/α-hetero) is 1. The first kappa shape index (κ1) is 21.6. The number of esters is 1. The molecule has 4 aliphatic carbocycles. The highest BCUT2D eigenvalue weighted by molar-refractivity contribution is 5.92. The standard InChI is InChI=1S/C23H29F3O4/c1-13(27)22(30-19(29)23(24,25)26)11-8-18-16-5-4-14-12-15(28)6-9-20(14,2)17(16)7-10-21(18,22)3/h12,16-18H,4-11H2,1-3H3/t16?,17?,18?,20-,21+,22+/m0/s1. The van der Waals surface area contributed by atoms with E-state index in [0.29, 0.717) is 25.2 Å². The van der Waals surface area contributed by atoms with Gasteiger partial charge in [-0.3, -0.25) is 9.59 Å². The fraction of sp³-hybridized carbons (Fsp3) is 0.783. The predicted molar refractivity (Wildman–Crippen MR) is 102 cm³/mol. The lowest BCUT2D eigenvalue weighted by Gasteiger charge is -2.59. The van der Waals surface area contributed by atoms with Crippen molar-refractivity contribution in [2.45, 2.75) is 83.9 Å². The molecule has 4 rings (SSSR count). The molecule has 0 amide bonds. The smallest absolute Gasteiger partial charge is 0.444 e. The minimum atomic E-state index is -5.12. The zero-order chi connectivity index (χ0) is 22.1. The number of carbonyl (C=O) groups excluding carboxylic acids is 3. The number of allylic oxidation sites excluding steroid dienone is 1. The summed E-state index contributed by atoms with van der Waals surface area (Å²) in [5.41, 5.74) is -1.37. The van der Waals surface area contributed by atoms with Gasteiger partial charge in [0.2, 0.25) is 0 Å². The Morgan fingerprint density at radius 1 is 1.03 bits per heavy atom. The Hall–Kier alpha value is -1.66.